The number of aromatic nitrogens is 4. The van der Waals surface area contributed by atoms with Gasteiger partial charge in [-0.15, -0.1) is 28.1 Å². The fourth-order valence-electron chi connectivity index (χ4n) is 2.45. The van der Waals surface area contributed by atoms with Crippen LogP contribution in [0.3, 0.4) is 0 Å². The van der Waals surface area contributed by atoms with E-state index < -0.39 is 5.25 Å². The molecule has 0 radical (unpaired) electrons. The van der Waals surface area contributed by atoms with Crippen LogP contribution in [0.1, 0.15) is 33.9 Å². The Morgan fingerprint density at radius 3 is 2.83 bits per heavy atom. The zero-order valence-corrected chi connectivity index (χ0v) is 18.5. The molecule has 1 atom stereocenters. The van der Waals surface area contributed by atoms with Gasteiger partial charge in [-0.3, -0.25) is 9.59 Å². The van der Waals surface area contributed by atoms with Crippen LogP contribution in [0.2, 0.25) is 0 Å². The highest BCUT2D eigenvalue weighted by atomic mass is 32.2. The standard InChI is InChI=1S/C19H22N6O3S2/c1-5-8-25-15(10-20-17(27)14-7-6-9-28-14)23-24-19(25)30-13(4)16(26)22-18-21-11(2)12(3)29-18/h5-7,9,13H,1,8,10H2,2-4H3,(H,20,27)(H,21,22,26). The minimum atomic E-state index is -0.423. The summed E-state index contributed by atoms with van der Waals surface area (Å²) in [5, 5.41) is 14.6. The molecule has 1 unspecified atom stereocenters. The molecule has 2 amide bonds. The Hall–Kier alpha value is -2.92. The second-order valence-electron chi connectivity index (χ2n) is 6.37. The molecule has 11 heteroatoms. The van der Waals surface area contributed by atoms with Crippen molar-refractivity contribution >= 4 is 40.0 Å². The number of hydrogen-bond donors (Lipinski definition) is 2. The third-order valence-corrected chi connectivity index (χ3v) is 6.24. The van der Waals surface area contributed by atoms with Crippen LogP contribution in [0, 0.1) is 13.8 Å². The van der Waals surface area contributed by atoms with E-state index in [9.17, 15) is 9.59 Å². The molecule has 0 aliphatic heterocycles. The lowest BCUT2D eigenvalue weighted by atomic mass is 10.4. The van der Waals surface area contributed by atoms with Gasteiger partial charge in [0, 0.05) is 11.4 Å². The predicted octanol–water partition coefficient (Wildman–Crippen LogP) is 3.18. The molecule has 0 spiro atoms. The normalized spacial score (nSPS) is 11.8. The Labute approximate surface area is 182 Å². The molecular formula is C19H22N6O3S2. The highest BCUT2D eigenvalue weighted by Crippen LogP contribution is 2.26. The van der Waals surface area contributed by atoms with Gasteiger partial charge in [0.2, 0.25) is 5.91 Å². The number of carbonyl (C=O) groups excluding carboxylic acids is 2. The van der Waals surface area contributed by atoms with Crippen molar-refractivity contribution in [2.45, 2.75) is 44.3 Å². The smallest absolute Gasteiger partial charge is 0.287 e. The molecule has 2 N–H and O–H groups in total. The number of thioether (sulfide) groups is 1. The van der Waals surface area contributed by atoms with Gasteiger partial charge in [0.25, 0.3) is 5.91 Å². The zero-order chi connectivity index (χ0) is 21.7. The van der Waals surface area contributed by atoms with E-state index >= 15 is 0 Å². The third kappa shape index (κ3) is 5.16. The quantitative estimate of drug-likeness (QED) is 0.383. The van der Waals surface area contributed by atoms with Gasteiger partial charge in [0.1, 0.15) is 0 Å². The molecule has 3 heterocycles. The Balaban J connectivity index is 1.65. The number of aryl methyl sites for hydroxylation is 2. The van der Waals surface area contributed by atoms with E-state index in [2.05, 4.69) is 32.4 Å². The van der Waals surface area contributed by atoms with Gasteiger partial charge in [-0.05, 0) is 32.9 Å². The van der Waals surface area contributed by atoms with Gasteiger partial charge >= 0.3 is 0 Å². The van der Waals surface area contributed by atoms with Crippen LogP contribution < -0.4 is 10.6 Å². The van der Waals surface area contributed by atoms with Crippen molar-refractivity contribution in [1.29, 1.82) is 0 Å². The molecule has 0 bridgehead atoms. The zero-order valence-electron chi connectivity index (χ0n) is 16.8. The molecule has 30 heavy (non-hydrogen) atoms. The summed E-state index contributed by atoms with van der Waals surface area (Å²) in [5.74, 6) is 0.257. The largest absolute Gasteiger partial charge is 0.459 e. The highest BCUT2D eigenvalue weighted by molar-refractivity contribution is 8.00. The average molecular weight is 447 g/mol. The SMILES string of the molecule is C=CCn1c(CNC(=O)c2ccco2)nnc1SC(C)C(=O)Nc1nc(C)c(C)s1. The summed E-state index contributed by atoms with van der Waals surface area (Å²) in [6, 6.07) is 3.22. The van der Waals surface area contributed by atoms with Gasteiger partial charge in [-0.2, -0.15) is 0 Å². The number of carbonyl (C=O) groups is 2. The second-order valence-corrected chi connectivity index (χ2v) is 8.88. The summed E-state index contributed by atoms with van der Waals surface area (Å²) in [5.41, 5.74) is 0.905. The Bertz CT molecular complexity index is 1020. The molecule has 0 aliphatic carbocycles. The van der Waals surface area contributed by atoms with Crippen LogP contribution in [0.25, 0.3) is 0 Å². The molecule has 9 nitrogen and oxygen atoms in total. The van der Waals surface area contributed by atoms with E-state index in [-0.39, 0.29) is 24.1 Å². The van der Waals surface area contributed by atoms with Crippen molar-refractivity contribution in [1.82, 2.24) is 25.1 Å². The van der Waals surface area contributed by atoms with E-state index in [1.807, 2.05) is 18.4 Å². The number of furan rings is 1. The van der Waals surface area contributed by atoms with E-state index in [0.29, 0.717) is 22.7 Å². The lowest BCUT2D eigenvalue weighted by Gasteiger charge is -2.12. The first-order valence-corrected chi connectivity index (χ1v) is 10.8. The predicted molar refractivity (Wildman–Crippen MR) is 116 cm³/mol. The lowest BCUT2D eigenvalue weighted by molar-refractivity contribution is -0.115. The molecular weight excluding hydrogens is 424 g/mol. The fourth-order valence-corrected chi connectivity index (χ4v) is 4.14. The maximum atomic E-state index is 12.5. The Kier molecular flexibility index (Phi) is 7.06. The van der Waals surface area contributed by atoms with Crippen LogP contribution in [0.15, 0.2) is 40.6 Å². The minimum absolute atomic E-state index is 0.166. The second kappa shape index (κ2) is 9.72. The summed E-state index contributed by atoms with van der Waals surface area (Å²) in [6.07, 6.45) is 3.14. The van der Waals surface area contributed by atoms with Crippen LogP contribution in [-0.4, -0.2) is 36.8 Å². The molecule has 0 saturated carbocycles. The van der Waals surface area contributed by atoms with Crippen molar-refractivity contribution in [3.05, 3.63) is 53.2 Å². The maximum absolute atomic E-state index is 12.5. The van der Waals surface area contributed by atoms with Gasteiger partial charge in [-0.1, -0.05) is 17.8 Å². The molecule has 0 fully saturated rings. The summed E-state index contributed by atoms with van der Waals surface area (Å²) >= 11 is 2.72. The number of hydrogen-bond acceptors (Lipinski definition) is 8. The first-order valence-electron chi connectivity index (χ1n) is 9.15. The van der Waals surface area contributed by atoms with Crippen molar-refractivity contribution in [2.24, 2.45) is 0 Å². The summed E-state index contributed by atoms with van der Waals surface area (Å²) in [7, 11) is 0. The minimum Gasteiger partial charge on any atom is -0.459 e. The monoisotopic (exact) mass is 446 g/mol. The third-order valence-electron chi connectivity index (χ3n) is 4.17. The number of anilines is 1. The van der Waals surface area contributed by atoms with E-state index in [0.717, 1.165) is 10.6 Å². The van der Waals surface area contributed by atoms with Crippen LogP contribution in [0.5, 0.6) is 0 Å². The molecule has 158 valence electrons. The molecule has 3 aromatic heterocycles. The highest BCUT2D eigenvalue weighted by Gasteiger charge is 2.21. The van der Waals surface area contributed by atoms with Crippen LogP contribution in [0.4, 0.5) is 5.13 Å². The summed E-state index contributed by atoms with van der Waals surface area (Å²) in [4.78, 5) is 30.0. The molecule has 3 aromatic rings. The number of nitrogens with one attached hydrogen (secondary N) is 2. The van der Waals surface area contributed by atoms with E-state index in [4.69, 9.17) is 4.42 Å². The Morgan fingerprint density at radius 1 is 1.40 bits per heavy atom. The topological polar surface area (TPSA) is 115 Å². The fraction of sp³-hybridized carbons (Fsp3) is 0.316. The number of nitrogens with zero attached hydrogens (tertiary/aromatic N) is 4. The molecule has 0 aliphatic rings. The van der Waals surface area contributed by atoms with Gasteiger partial charge in [0.15, 0.2) is 21.9 Å². The van der Waals surface area contributed by atoms with Gasteiger partial charge in [0.05, 0.1) is 23.8 Å². The maximum Gasteiger partial charge on any atom is 0.287 e. The number of amides is 2. The summed E-state index contributed by atoms with van der Waals surface area (Å²) < 4.78 is 6.89. The molecule has 0 saturated heterocycles. The average Bonchev–Trinajstić information content (AvgIpc) is 3.43. The van der Waals surface area contributed by atoms with Crippen molar-refractivity contribution in [3.8, 4) is 0 Å². The van der Waals surface area contributed by atoms with Crippen LogP contribution in [-0.2, 0) is 17.9 Å². The molecule has 0 aromatic carbocycles. The van der Waals surface area contributed by atoms with Gasteiger partial charge in [-0.25, -0.2) is 4.98 Å². The first kappa shape index (κ1) is 21.8. The lowest BCUT2D eigenvalue weighted by Crippen LogP contribution is -2.25. The first-order chi connectivity index (χ1) is 14.4. The van der Waals surface area contributed by atoms with Gasteiger partial charge < -0.3 is 19.6 Å². The molecule has 3 rings (SSSR count). The summed E-state index contributed by atoms with van der Waals surface area (Å²) in [6.45, 7) is 10.0. The van der Waals surface area contributed by atoms with Crippen molar-refractivity contribution in [3.63, 3.8) is 0 Å². The van der Waals surface area contributed by atoms with E-state index in [1.54, 1.807) is 25.1 Å². The Morgan fingerprint density at radius 2 is 2.20 bits per heavy atom. The van der Waals surface area contributed by atoms with Crippen LogP contribution >= 0.6 is 23.1 Å². The van der Waals surface area contributed by atoms with E-state index in [1.165, 1.54) is 29.4 Å². The van der Waals surface area contributed by atoms with Crippen molar-refractivity contribution < 1.29 is 14.0 Å². The number of rotatable bonds is 9. The van der Waals surface area contributed by atoms with Crippen molar-refractivity contribution in [2.75, 3.05) is 5.32 Å². The number of allylic oxidation sites excluding steroid dienone is 1. The number of thiazole rings is 1.